The average Bonchev–Trinajstić information content (AvgIpc) is 2.27. The summed E-state index contributed by atoms with van der Waals surface area (Å²) < 4.78 is 0. The van der Waals surface area contributed by atoms with Gasteiger partial charge in [0.05, 0.1) is 19.4 Å². The maximum atomic E-state index is 10.7. The third-order valence-corrected chi connectivity index (χ3v) is 2.39. The molecule has 1 rings (SSSR count). The number of hydrogen-bond donors (Lipinski definition) is 4. The Kier molecular flexibility index (Phi) is 5.13. The van der Waals surface area contributed by atoms with Gasteiger partial charge in [0.2, 0.25) is 0 Å². The zero-order valence-electron chi connectivity index (χ0n) is 9.67. The number of carboxylic acid groups (broad SMARTS) is 2. The van der Waals surface area contributed by atoms with E-state index in [1.54, 1.807) is 24.3 Å². The van der Waals surface area contributed by atoms with Crippen LogP contribution in [0.4, 0.5) is 5.69 Å². The van der Waals surface area contributed by atoms with E-state index in [2.05, 4.69) is 5.32 Å². The molecule has 0 aliphatic rings. The number of aliphatic carboxylic acids is 2. The summed E-state index contributed by atoms with van der Waals surface area (Å²) in [5.41, 5.74) is 1.14. The lowest BCUT2D eigenvalue weighted by Gasteiger charge is -2.18. The van der Waals surface area contributed by atoms with E-state index in [0.717, 1.165) is 0 Å². The topological polar surface area (TPSA) is 107 Å². The first-order valence-corrected chi connectivity index (χ1v) is 5.41. The van der Waals surface area contributed by atoms with E-state index in [9.17, 15) is 9.59 Å². The lowest BCUT2D eigenvalue weighted by Crippen LogP contribution is -2.26. The van der Waals surface area contributed by atoms with Crippen molar-refractivity contribution in [3.63, 3.8) is 0 Å². The number of anilines is 1. The predicted octanol–water partition coefficient (Wildman–Crippen LogP) is 0.909. The van der Waals surface area contributed by atoms with E-state index in [1.807, 2.05) is 0 Å². The van der Waals surface area contributed by atoms with Gasteiger partial charge in [0.15, 0.2) is 0 Å². The summed E-state index contributed by atoms with van der Waals surface area (Å²) >= 11 is 0. The Hall–Kier alpha value is -2.08. The van der Waals surface area contributed by atoms with Crippen molar-refractivity contribution in [2.24, 2.45) is 0 Å². The largest absolute Gasteiger partial charge is 0.481 e. The molecule has 6 nitrogen and oxygen atoms in total. The maximum absolute atomic E-state index is 10.7. The van der Waals surface area contributed by atoms with Crippen LogP contribution in [-0.2, 0) is 16.2 Å². The van der Waals surface area contributed by atoms with E-state index >= 15 is 0 Å². The number of hydrogen-bond acceptors (Lipinski definition) is 4. The van der Waals surface area contributed by atoms with Crippen molar-refractivity contribution in [2.45, 2.75) is 25.5 Å². The molecule has 0 aromatic heterocycles. The molecule has 0 radical (unpaired) electrons. The van der Waals surface area contributed by atoms with Crippen LogP contribution in [-0.4, -0.2) is 33.3 Å². The van der Waals surface area contributed by atoms with Gasteiger partial charge in [-0.05, 0) is 6.07 Å². The number of benzene rings is 1. The van der Waals surface area contributed by atoms with Crippen molar-refractivity contribution in [2.75, 3.05) is 5.32 Å². The molecule has 0 aliphatic heterocycles. The standard InChI is InChI=1S/C12H15NO5/c14-7-8-3-1-2-4-10(8)13-9(5-11(15)16)6-12(17)18/h1-4,9,13-14H,5-7H2,(H,15,16)(H,17,18). The number of carbonyl (C=O) groups is 2. The molecule has 0 unspecified atom stereocenters. The van der Waals surface area contributed by atoms with Crippen molar-refractivity contribution < 1.29 is 24.9 Å². The molecule has 98 valence electrons. The number of aliphatic hydroxyl groups is 1. The molecule has 1 aromatic carbocycles. The highest BCUT2D eigenvalue weighted by atomic mass is 16.4. The smallest absolute Gasteiger partial charge is 0.305 e. The third kappa shape index (κ3) is 4.42. The molecule has 18 heavy (non-hydrogen) atoms. The zero-order chi connectivity index (χ0) is 13.5. The Bertz CT molecular complexity index is 416. The monoisotopic (exact) mass is 253 g/mol. The first-order chi connectivity index (χ1) is 8.52. The summed E-state index contributed by atoms with van der Waals surface area (Å²) in [5, 5.41) is 29.4. The molecule has 0 amide bonds. The Morgan fingerprint density at radius 2 is 1.67 bits per heavy atom. The Labute approximate surface area is 104 Å². The second-order valence-corrected chi connectivity index (χ2v) is 3.85. The molecule has 0 saturated heterocycles. The second-order valence-electron chi connectivity index (χ2n) is 3.85. The van der Waals surface area contributed by atoms with Crippen LogP contribution in [0.1, 0.15) is 18.4 Å². The highest BCUT2D eigenvalue weighted by molar-refractivity contribution is 5.73. The minimum Gasteiger partial charge on any atom is -0.481 e. The van der Waals surface area contributed by atoms with Gasteiger partial charge < -0.3 is 20.6 Å². The van der Waals surface area contributed by atoms with Crippen LogP contribution >= 0.6 is 0 Å². The van der Waals surface area contributed by atoms with Crippen molar-refractivity contribution in [3.05, 3.63) is 29.8 Å². The van der Waals surface area contributed by atoms with E-state index in [1.165, 1.54) is 0 Å². The lowest BCUT2D eigenvalue weighted by molar-refractivity contribution is -0.138. The highest BCUT2D eigenvalue weighted by Gasteiger charge is 2.17. The molecular weight excluding hydrogens is 238 g/mol. The summed E-state index contributed by atoms with van der Waals surface area (Å²) in [6, 6.07) is 6.09. The fraction of sp³-hybridized carbons (Fsp3) is 0.333. The lowest BCUT2D eigenvalue weighted by atomic mass is 10.1. The minimum absolute atomic E-state index is 0.198. The molecular formula is C12H15NO5. The average molecular weight is 253 g/mol. The molecule has 0 heterocycles. The van der Waals surface area contributed by atoms with E-state index in [4.69, 9.17) is 15.3 Å². The minimum atomic E-state index is -1.07. The van der Waals surface area contributed by atoms with Gasteiger partial charge in [0, 0.05) is 17.3 Å². The molecule has 0 aliphatic carbocycles. The summed E-state index contributed by atoms with van der Waals surface area (Å²) in [5.74, 6) is -2.15. The van der Waals surface area contributed by atoms with Crippen LogP contribution in [0.2, 0.25) is 0 Å². The summed E-state index contributed by atoms with van der Waals surface area (Å²) in [7, 11) is 0. The number of carboxylic acids is 2. The number of aliphatic hydroxyl groups excluding tert-OH is 1. The van der Waals surface area contributed by atoms with Gasteiger partial charge in [-0.2, -0.15) is 0 Å². The van der Waals surface area contributed by atoms with E-state index < -0.39 is 18.0 Å². The second kappa shape index (κ2) is 6.61. The SMILES string of the molecule is O=C(O)CC(CC(=O)O)Nc1ccccc1CO. The summed E-state index contributed by atoms with van der Waals surface area (Å²) in [4.78, 5) is 21.3. The first kappa shape index (κ1) is 14.0. The van der Waals surface area contributed by atoms with Gasteiger partial charge in [-0.1, -0.05) is 18.2 Å². The van der Waals surface area contributed by atoms with Crippen LogP contribution in [0.5, 0.6) is 0 Å². The highest BCUT2D eigenvalue weighted by Crippen LogP contribution is 2.18. The van der Waals surface area contributed by atoms with Crippen LogP contribution in [0.3, 0.4) is 0 Å². The van der Waals surface area contributed by atoms with Crippen molar-refractivity contribution >= 4 is 17.6 Å². The molecule has 0 bridgehead atoms. The van der Waals surface area contributed by atoms with Gasteiger partial charge >= 0.3 is 11.9 Å². The molecule has 0 saturated carbocycles. The van der Waals surface area contributed by atoms with Crippen molar-refractivity contribution in [1.82, 2.24) is 0 Å². The molecule has 1 aromatic rings. The molecule has 4 N–H and O–H groups in total. The Balaban J connectivity index is 2.81. The van der Waals surface area contributed by atoms with E-state index in [0.29, 0.717) is 11.3 Å². The van der Waals surface area contributed by atoms with Gasteiger partial charge in [0.1, 0.15) is 0 Å². The van der Waals surface area contributed by atoms with Crippen molar-refractivity contribution in [3.8, 4) is 0 Å². The predicted molar refractivity (Wildman–Crippen MR) is 64.3 cm³/mol. The number of nitrogens with one attached hydrogen (secondary N) is 1. The van der Waals surface area contributed by atoms with Crippen molar-refractivity contribution in [1.29, 1.82) is 0 Å². The zero-order valence-corrected chi connectivity index (χ0v) is 9.67. The quantitative estimate of drug-likeness (QED) is 0.575. The van der Waals surface area contributed by atoms with Crippen LogP contribution in [0.15, 0.2) is 24.3 Å². The van der Waals surface area contributed by atoms with Crippen LogP contribution in [0, 0.1) is 0 Å². The third-order valence-electron chi connectivity index (χ3n) is 2.39. The van der Waals surface area contributed by atoms with Gasteiger partial charge in [0.25, 0.3) is 0 Å². The Morgan fingerprint density at radius 1 is 1.11 bits per heavy atom. The summed E-state index contributed by atoms with van der Waals surface area (Å²) in [6.45, 7) is -0.198. The summed E-state index contributed by atoms with van der Waals surface area (Å²) in [6.07, 6.45) is -0.599. The van der Waals surface area contributed by atoms with Gasteiger partial charge in [-0.15, -0.1) is 0 Å². The fourth-order valence-electron chi connectivity index (χ4n) is 1.61. The number of para-hydroxylation sites is 1. The van der Waals surface area contributed by atoms with E-state index in [-0.39, 0.29) is 19.4 Å². The first-order valence-electron chi connectivity index (χ1n) is 5.41. The van der Waals surface area contributed by atoms with Gasteiger partial charge in [-0.3, -0.25) is 9.59 Å². The Morgan fingerprint density at radius 3 is 2.17 bits per heavy atom. The van der Waals surface area contributed by atoms with Crippen LogP contribution in [0.25, 0.3) is 0 Å². The molecule has 6 heteroatoms. The molecule has 0 fully saturated rings. The fourth-order valence-corrected chi connectivity index (χ4v) is 1.61. The van der Waals surface area contributed by atoms with Gasteiger partial charge in [-0.25, -0.2) is 0 Å². The molecule has 0 atom stereocenters. The molecule has 0 spiro atoms. The number of rotatable bonds is 7. The maximum Gasteiger partial charge on any atom is 0.305 e. The van der Waals surface area contributed by atoms with Crippen LogP contribution < -0.4 is 5.32 Å². The normalized spacial score (nSPS) is 10.3.